The van der Waals surface area contributed by atoms with Gasteiger partial charge in [-0.05, 0) is 13.3 Å². The highest BCUT2D eigenvalue weighted by atomic mass is 15.2. The Balaban J connectivity index is 2.14. The zero-order chi connectivity index (χ0) is 9.73. The topological polar surface area (TPSA) is 50.4 Å². The number of nitrogens with two attached hydrogens (primary N) is 1. The number of nitrogens with one attached hydrogen (secondary N) is 1. The molecule has 1 unspecified atom stereocenters. The molecule has 13 heavy (non-hydrogen) atoms. The third-order valence-corrected chi connectivity index (χ3v) is 2.61. The Bertz CT molecular complexity index is 189. The van der Waals surface area contributed by atoms with Gasteiger partial charge in [0.05, 0.1) is 12.1 Å². The van der Waals surface area contributed by atoms with Crippen molar-refractivity contribution in [2.75, 3.05) is 6.54 Å². The van der Waals surface area contributed by atoms with Crippen LogP contribution in [-0.4, -0.2) is 18.0 Å². The van der Waals surface area contributed by atoms with Crippen LogP contribution < -0.4 is 11.1 Å². The zero-order valence-corrected chi connectivity index (χ0v) is 8.77. The lowest BCUT2D eigenvalue weighted by molar-refractivity contribution is 0.398. The lowest BCUT2D eigenvalue weighted by Gasteiger charge is -2.23. The van der Waals surface area contributed by atoms with Crippen molar-refractivity contribution < 1.29 is 0 Å². The SMILES string of the molecule is CCCCCCC1(C)CN=C(N)N1. The monoisotopic (exact) mass is 183 g/mol. The van der Waals surface area contributed by atoms with E-state index in [1.54, 1.807) is 0 Å². The normalized spacial score (nSPS) is 27.1. The maximum Gasteiger partial charge on any atom is 0.189 e. The van der Waals surface area contributed by atoms with Crippen LogP contribution in [0.2, 0.25) is 0 Å². The molecule has 0 aromatic heterocycles. The van der Waals surface area contributed by atoms with Crippen molar-refractivity contribution >= 4 is 5.96 Å². The van der Waals surface area contributed by atoms with Gasteiger partial charge in [0.2, 0.25) is 0 Å². The van der Waals surface area contributed by atoms with Gasteiger partial charge in [0.1, 0.15) is 0 Å². The molecule has 0 radical (unpaired) electrons. The lowest BCUT2D eigenvalue weighted by Crippen LogP contribution is -2.45. The van der Waals surface area contributed by atoms with Gasteiger partial charge in [0.15, 0.2) is 5.96 Å². The summed E-state index contributed by atoms with van der Waals surface area (Å²) in [6.45, 7) is 5.27. The highest BCUT2D eigenvalue weighted by molar-refractivity contribution is 5.80. The Kier molecular flexibility index (Phi) is 3.58. The molecule has 0 bridgehead atoms. The Morgan fingerprint density at radius 1 is 1.46 bits per heavy atom. The van der Waals surface area contributed by atoms with E-state index >= 15 is 0 Å². The molecule has 0 amide bonds. The molecular formula is C10H21N3. The van der Waals surface area contributed by atoms with Gasteiger partial charge in [-0.15, -0.1) is 0 Å². The minimum Gasteiger partial charge on any atom is -0.370 e. The van der Waals surface area contributed by atoms with Gasteiger partial charge in [0, 0.05) is 0 Å². The summed E-state index contributed by atoms with van der Waals surface area (Å²) in [5, 5.41) is 3.23. The molecule has 76 valence electrons. The summed E-state index contributed by atoms with van der Waals surface area (Å²) in [6, 6.07) is 0. The van der Waals surface area contributed by atoms with Gasteiger partial charge in [0.25, 0.3) is 0 Å². The zero-order valence-electron chi connectivity index (χ0n) is 8.77. The summed E-state index contributed by atoms with van der Waals surface area (Å²) < 4.78 is 0. The van der Waals surface area contributed by atoms with Crippen LogP contribution in [0.1, 0.15) is 46.0 Å². The standard InChI is InChI=1S/C10H21N3/c1-3-4-5-6-7-10(2)8-12-9(11)13-10/h3-8H2,1-2H3,(H3,11,12,13). The summed E-state index contributed by atoms with van der Waals surface area (Å²) in [5.41, 5.74) is 5.72. The van der Waals surface area contributed by atoms with Gasteiger partial charge in [-0.2, -0.15) is 0 Å². The molecule has 0 aliphatic carbocycles. The van der Waals surface area contributed by atoms with E-state index < -0.39 is 0 Å². The molecule has 0 aromatic rings. The maximum absolute atomic E-state index is 5.58. The van der Waals surface area contributed by atoms with Crippen molar-refractivity contribution in [1.82, 2.24) is 5.32 Å². The van der Waals surface area contributed by atoms with Gasteiger partial charge in [-0.25, -0.2) is 0 Å². The average Bonchev–Trinajstić information content (AvgIpc) is 2.41. The lowest BCUT2D eigenvalue weighted by atomic mass is 9.95. The van der Waals surface area contributed by atoms with E-state index in [1.807, 2.05) is 0 Å². The molecule has 1 atom stereocenters. The second-order valence-corrected chi connectivity index (χ2v) is 4.20. The van der Waals surface area contributed by atoms with Crippen LogP contribution in [0.4, 0.5) is 0 Å². The number of guanidine groups is 1. The van der Waals surface area contributed by atoms with Crippen molar-refractivity contribution in [2.45, 2.75) is 51.5 Å². The predicted octanol–water partition coefficient (Wildman–Crippen LogP) is 1.63. The summed E-state index contributed by atoms with van der Waals surface area (Å²) in [5.74, 6) is 0.609. The Morgan fingerprint density at radius 2 is 2.23 bits per heavy atom. The predicted molar refractivity (Wildman–Crippen MR) is 56.8 cm³/mol. The summed E-state index contributed by atoms with van der Waals surface area (Å²) in [6.07, 6.45) is 6.42. The average molecular weight is 183 g/mol. The molecule has 0 spiro atoms. The smallest absolute Gasteiger partial charge is 0.189 e. The van der Waals surface area contributed by atoms with E-state index in [1.165, 1.54) is 32.1 Å². The first-order chi connectivity index (χ1) is 6.16. The van der Waals surface area contributed by atoms with E-state index in [0.717, 1.165) is 6.54 Å². The fourth-order valence-electron chi connectivity index (χ4n) is 1.73. The highest BCUT2D eigenvalue weighted by Gasteiger charge is 2.28. The summed E-state index contributed by atoms with van der Waals surface area (Å²) >= 11 is 0. The number of aliphatic imine (C=N–C) groups is 1. The second-order valence-electron chi connectivity index (χ2n) is 4.20. The first-order valence-corrected chi connectivity index (χ1v) is 5.24. The van der Waals surface area contributed by atoms with Gasteiger partial charge in [-0.3, -0.25) is 4.99 Å². The third kappa shape index (κ3) is 3.25. The molecule has 1 rings (SSSR count). The first kappa shape index (κ1) is 10.4. The highest BCUT2D eigenvalue weighted by Crippen LogP contribution is 2.18. The van der Waals surface area contributed by atoms with Crippen LogP contribution in [0.25, 0.3) is 0 Å². The fraction of sp³-hybridized carbons (Fsp3) is 0.900. The summed E-state index contributed by atoms with van der Waals surface area (Å²) in [4.78, 5) is 4.17. The largest absolute Gasteiger partial charge is 0.370 e. The molecule has 0 saturated carbocycles. The first-order valence-electron chi connectivity index (χ1n) is 5.24. The van der Waals surface area contributed by atoms with Crippen molar-refractivity contribution in [3.05, 3.63) is 0 Å². The van der Waals surface area contributed by atoms with Gasteiger partial charge in [-0.1, -0.05) is 32.6 Å². The Hall–Kier alpha value is -0.730. The molecule has 3 heteroatoms. The van der Waals surface area contributed by atoms with E-state index in [0.29, 0.717) is 5.96 Å². The second kappa shape index (κ2) is 4.49. The number of rotatable bonds is 5. The van der Waals surface area contributed by atoms with Crippen molar-refractivity contribution in [3.8, 4) is 0 Å². The Morgan fingerprint density at radius 3 is 2.77 bits per heavy atom. The van der Waals surface area contributed by atoms with E-state index in [-0.39, 0.29) is 5.54 Å². The van der Waals surface area contributed by atoms with Crippen LogP contribution in [0, 0.1) is 0 Å². The molecule has 3 N–H and O–H groups in total. The summed E-state index contributed by atoms with van der Waals surface area (Å²) in [7, 11) is 0. The number of nitrogens with zero attached hydrogens (tertiary/aromatic N) is 1. The van der Waals surface area contributed by atoms with E-state index in [4.69, 9.17) is 5.73 Å². The van der Waals surface area contributed by atoms with Crippen LogP contribution in [0.3, 0.4) is 0 Å². The fourth-order valence-corrected chi connectivity index (χ4v) is 1.73. The van der Waals surface area contributed by atoms with Crippen LogP contribution in [0.15, 0.2) is 4.99 Å². The number of unbranched alkanes of at least 4 members (excludes halogenated alkanes) is 3. The van der Waals surface area contributed by atoms with Crippen LogP contribution >= 0.6 is 0 Å². The van der Waals surface area contributed by atoms with Crippen molar-refractivity contribution in [2.24, 2.45) is 10.7 Å². The van der Waals surface area contributed by atoms with Crippen LogP contribution in [-0.2, 0) is 0 Å². The van der Waals surface area contributed by atoms with Gasteiger partial charge < -0.3 is 11.1 Å². The minimum absolute atomic E-state index is 0.137. The van der Waals surface area contributed by atoms with Gasteiger partial charge >= 0.3 is 0 Å². The van der Waals surface area contributed by atoms with E-state index in [2.05, 4.69) is 24.2 Å². The van der Waals surface area contributed by atoms with E-state index in [9.17, 15) is 0 Å². The molecule has 0 fully saturated rings. The Labute approximate surface area is 80.8 Å². The third-order valence-electron chi connectivity index (χ3n) is 2.61. The van der Waals surface area contributed by atoms with Crippen LogP contribution in [0.5, 0.6) is 0 Å². The molecule has 0 aromatic carbocycles. The van der Waals surface area contributed by atoms with Crippen molar-refractivity contribution in [1.29, 1.82) is 0 Å². The maximum atomic E-state index is 5.58. The number of hydrogen-bond donors (Lipinski definition) is 2. The number of hydrogen-bond acceptors (Lipinski definition) is 3. The van der Waals surface area contributed by atoms with Crippen molar-refractivity contribution in [3.63, 3.8) is 0 Å². The molecule has 1 aliphatic rings. The molecule has 1 aliphatic heterocycles. The molecular weight excluding hydrogens is 162 g/mol. The molecule has 3 nitrogen and oxygen atoms in total. The quantitative estimate of drug-likeness (QED) is 0.636. The molecule has 0 saturated heterocycles. The minimum atomic E-state index is 0.137. The molecule has 1 heterocycles.